The van der Waals surface area contributed by atoms with Crippen LogP contribution in [0.25, 0.3) is 0 Å². The number of nitrogens with zero attached hydrogens (tertiary/aromatic N) is 3. The largest absolute Gasteiger partial charge is 0.401 e. The Labute approximate surface area is 117 Å². The summed E-state index contributed by atoms with van der Waals surface area (Å²) in [6, 6.07) is 0. The van der Waals surface area contributed by atoms with E-state index in [4.69, 9.17) is 0 Å². The third-order valence-corrected chi connectivity index (χ3v) is 2.99. The average molecular weight is 296 g/mol. The third-order valence-electron chi connectivity index (χ3n) is 2.99. The highest BCUT2D eigenvalue weighted by Gasteiger charge is 2.29. The van der Waals surface area contributed by atoms with Crippen LogP contribution in [0.15, 0.2) is 4.99 Å². The standard InChI is InChI=1S/C12H23F3N4O/c1-3-16-11(19-6-4-10(20)8-19)17-5-7-18(2)9-12(13,14)15/h10,20H,3-9H2,1-2H3,(H,16,17)/t10-/m1/s1. The van der Waals surface area contributed by atoms with Crippen LogP contribution in [0.2, 0.25) is 0 Å². The molecule has 0 aromatic carbocycles. The van der Waals surface area contributed by atoms with E-state index < -0.39 is 12.7 Å². The molecule has 1 heterocycles. The van der Waals surface area contributed by atoms with E-state index in [1.165, 1.54) is 11.9 Å². The molecule has 0 spiro atoms. The summed E-state index contributed by atoms with van der Waals surface area (Å²) in [6.07, 6.45) is -3.84. The monoisotopic (exact) mass is 296 g/mol. The maximum atomic E-state index is 12.2. The van der Waals surface area contributed by atoms with E-state index in [0.717, 1.165) is 0 Å². The molecule has 0 amide bonds. The van der Waals surface area contributed by atoms with Gasteiger partial charge >= 0.3 is 6.18 Å². The van der Waals surface area contributed by atoms with Gasteiger partial charge in [-0.1, -0.05) is 0 Å². The molecule has 1 saturated heterocycles. The summed E-state index contributed by atoms with van der Waals surface area (Å²) in [7, 11) is 1.43. The Bertz CT molecular complexity index is 322. The number of aliphatic hydroxyl groups is 1. The van der Waals surface area contributed by atoms with Crippen molar-refractivity contribution < 1.29 is 18.3 Å². The fourth-order valence-electron chi connectivity index (χ4n) is 2.07. The van der Waals surface area contributed by atoms with Crippen molar-refractivity contribution in [1.29, 1.82) is 0 Å². The van der Waals surface area contributed by atoms with Crippen molar-refractivity contribution in [2.24, 2.45) is 4.99 Å². The van der Waals surface area contributed by atoms with Gasteiger partial charge in [-0.2, -0.15) is 13.2 Å². The topological polar surface area (TPSA) is 51.1 Å². The number of aliphatic imine (C=N–C) groups is 1. The van der Waals surface area contributed by atoms with Crippen LogP contribution in [-0.4, -0.2) is 79.5 Å². The number of alkyl halides is 3. The summed E-state index contributed by atoms with van der Waals surface area (Å²) in [5.41, 5.74) is 0. The molecule has 1 rings (SSSR count). The first-order chi connectivity index (χ1) is 9.31. The van der Waals surface area contributed by atoms with Crippen molar-refractivity contribution in [2.75, 3.05) is 46.3 Å². The lowest BCUT2D eigenvalue weighted by atomic mass is 10.3. The zero-order valence-electron chi connectivity index (χ0n) is 11.9. The van der Waals surface area contributed by atoms with Gasteiger partial charge in [-0.05, 0) is 20.4 Å². The molecule has 0 saturated carbocycles. The predicted octanol–water partition coefficient (Wildman–Crippen LogP) is 0.513. The van der Waals surface area contributed by atoms with Crippen LogP contribution in [-0.2, 0) is 0 Å². The SMILES string of the molecule is CCNC(=NCCN(C)CC(F)(F)F)N1CC[C@@H](O)C1. The van der Waals surface area contributed by atoms with Crippen LogP contribution >= 0.6 is 0 Å². The van der Waals surface area contributed by atoms with Gasteiger partial charge in [-0.25, -0.2) is 0 Å². The lowest BCUT2D eigenvalue weighted by Crippen LogP contribution is -2.41. The van der Waals surface area contributed by atoms with E-state index in [9.17, 15) is 18.3 Å². The number of guanidine groups is 1. The molecule has 1 aliphatic rings. The normalized spacial score (nSPS) is 20.9. The molecule has 2 N–H and O–H groups in total. The van der Waals surface area contributed by atoms with Gasteiger partial charge in [0, 0.05) is 26.2 Å². The Morgan fingerprint density at radius 3 is 2.70 bits per heavy atom. The van der Waals surface area contributed by atoms with Crippen LogP contribution in [0.3, 0.4) is 0 Å². The Kier molecular flexibility index (Phi) is 6.54. The molecule has 5 nitrogen and oxygen atoms in total. The van der Waals surface area contributed by atoms with E-state index in [-0.39, 0.29) is 12.6 Å². The highest BCUT2D eigenvalue weighted by atomic mass is 19.4. The predicted molar refractivity (Wildman–Crippen MR) is 71.7 cm³/mol. The molecular weight excluding hydrogens is 273 g/mol. The minimum Gasteiger partial charge on any atom is -0.391 e. The smallest absolute Gasteiger partial charge is 0.391 e. The summed E-state index contributed by atoms with van der Waals surface area (Å²) < 4.78 is 36.5. The molecule has 0 bridgehead atoms. The quantitative estimate of drug-likeness (QED) is 0.573. The number of likely N-dealkylation sites (tertiary alicyclic amines) is 1. The number of nitrogens with one attached hydrogen (secondary N) is 1. The van der Waals surface area contributed by atoms with Crippen LogP contribution < -0.4 is 5.32 Å². The molecule has 0 aromatic rings. The van der Waals surface area contributed by atoms with Crippen LogP contribution in [0, 0.1) is 0 Å². The second-order valence-electron chi connectivity index (χ2n) is 4.98. The van der Waals surface area contributed by atoms with Crippen LogP contribution in [0.1, 0.15) is 13.3 Å². The summed E-state index contributed by atoms with van der Waals surface area (Å²) >= 11 is 0. The number of β-amino-alcohol motifs (C(OH)–C–C–N with tert-alkyl or cyclic N) is 1. The number of halogens is 3. The van der Waals surface area contributed by atoms with Gasteiger partial charge in [0.1, 0.15) is 0 Å². The fourth-order valence-corrected chi connectivity index (χ4v) is 2.07. The van der Waals surface area contributed by atoms with Crippen molar-refractivity contribution in [3.05, 3.63) is 0 Å². The molecule has 0 radical (unpaired) electrons. The van der Waals surface area contributed by atoms with E-state index >= 15 is 0 Å². The highest BCUT2D eigenvalue weighted by molar-refractivity contribution is 5.80. The van der Waals surface area contributed by atoms with Gasteiger partial charge < -0.3 is 15.3 Å². The second kappa shape index (κ2) is 7.68. The Morgan fingerprint density at radius 1 is 1.50 bits per heavy atom. The molecule has 0 aliphatic carbocycles. The number of hydrogen-bond acceptors (Lipinski definition) is 3. The first-order valence-electron chi connectivity index (χ1n) is 6.78. The summed E-state index contributed by atoms with van der Waals surface area (Å²) in [4.78, 5) is 7.44. The van der Waals surface area contributed by atoms with Gasteiger partial charge in [-0.15, -0.1) is 0 Å². The van der Waals surface area contributed by atoms with Crippen molar-refractivity contribution in [2.45, 2.75) is 25.6 Å². The van der Waals surface area contributed by atoms with E-state index in [0.29, 0.717) is 38.6 Å². The Hall–Kier alpha value is -1.02. The van der Waals surface area contributed by atoms with Crippen molar-refractivity contribution in [3.63, 3.8) is 0 Å². The number of likely N-dealkylation sites (N-methyl/N-ethyl adjacent to an activating group) is 1. The number of aliphatic hydroxyl groups excluding tert-OH is 1. The molecular formula is C12H23F3N4O. The maximum Gasteiger partial charge on any atom is 0.401 e. The van der Waals surface area contributed by atoms with Crippen molar-refractivity contribution >= 4 is 5.96 Å². The van der Waals surface area contributed by atoms with Crippen molar-refractivity contribution in [1.82, 2.24) is 15.1 Å². The molecule has 118 valence electrons. The zero-order valence-corrected chi connectivity index (χ0v) is 11.9. The molecule has 1 atom stereocenters. The minimum absolute atomic E-state index is 0.241. The molecule has 0 unspecified atom stereocenters. The van der Waals surface area contributed by atoms with Gasteiger partial charge in [0.05, 0.1) is 19.2 Å². The molecule has 1 fully saturated rings. The van der Waals surface area contributed by atoms with E-state index in [2.05, 4.69) is 10.3 Å². The van der Waals surface area contributed by atoms with E-state index in [1.54, 1.807) is 0 Å². The fraction of sp³-hybridized carbons (Fsp3) is 0.917. The van der Waals surface area contributed by atoms with Crippen LogP contribution in [0.4, 0.5) is 13.2 Å². The van der Waals surface area contributed by atoms with Crippen LogP contribution in [0.5, 0.6) is 0 Å². The van der Waals surface area contributed by atoms with E-state index in [1.807, 2.05) is 11.8 Å². The molecule has 20 heavy (non-hydrogen) atoms. The van der Waals surface area contributed by atoms with Gasteiger partial charge in [-0.3, -0.25) is 9.89 Å². The minimum atomic E-state index is -4.18. The summed E-state index contributed by atoms with van der Waals surface area (Å²) in [5, 5.41) is 12.6. The molecule has 1 aliphatic heterocycles. The number of hydrogen-bond donors (Lipinski definition) is 2. The Balaban J connectivity index is 2.43. The van der Waals surface area contributed by atoms with Crippen molar-refractivity contribution in [3.8, 4) is 0 Å². The first-order valence-corrected chi connectivity index (χ1v) is 6.78. The van der Waals surface area contributed by atoms with Gasteiger partial charge in [0.25, 0.3) is 0 Å². The average Bonchev–Trinajstić information content (AvgIpc) is 2.72. The second-order valence-corrected chi connectivity index (χ2v) is 4.98. The number of rotatable bonds is 5. The van der Waals surface area contributed by atoms with Gasteiger partial charge in [0.2, 0.25) is 0 Å². The lowest BCUT2D eigenvalue weighted by molar-refractivity contribution is -0.142. The van der Waals surface area contributed by atoms with Gasteiger partial charge in [0.15, 0.2) is 5.96 Å². The zero-order chi connectivity index (χ0) is 15.2. The lowest BCUT2D eigenvalue weighted by Gasteiger charge is -2.22. The summed E-state index contributed by atoms with van der Waals surface area (Å²) in [6.45, 7) is 3.45. The first kappa shape index (κ1) is 17.0. The Morgan fingerprint density at radius 2 is 2.20 bits per heavy atom. The molecule has 0 aromatic heterocycles. The highest BCUT2D eigenvalue weighted by Crippen LogP contribution is 2.15. The summed E-state index contributed by atoms with van der Waals surface area (Å²) in [5.74, 6) is 0.657. The maximum absolute atomic E-state index is 12.2. The molecule has 8 heteroatoms. The third kappa shape index (κ3) is 6.42.